The quantitative estimate of drug-likeness (QED) is 0.565. The molecule has 2 aliphatic rings. The molecule has 0 spiro atoms. The first kappa shape index (κ1) is 6.16. The first-order valence-corrected chi connectivity index (χ1v) is 3.71. The van der Waals surface area contributed by atoms with Gasteiger partial charge in [-0.2, -0.15) is 0 Å². The summed E-state index contributed by atoms with van der Waals surface area (Å²) in [7, 11) is 0. The summed E-state index contributed by atoms with van der Waals surface area (Å²) in [5.74, 6) is 1.24. The molecule has 2 N–H and O–H groups in total. The zero-order chi connectivity index (χ0) is 7.14. The van der Waals surface area contributed by atoms with Gasteiger partial charge in [0.1, 0.15) is 0 Å². The summed E-state index contributed by atoms with van der Waals surface area (Å²) < 4.78 is 0. The Bertz CT molecular complexity index is 159. The molecule has 1 heterocycles. The van der Waals surface area contributed by atoms with Crippen LogP contribution in [-0.4, -0.2) is 24.2 Å². The maximum absolute atomic E-state index is 10.3. The van der Waals surface area contributed by atoms with Crippen molar-refractivity contribution >= 4 is 5.97 Å². The number of hydrogen-bond acceptors (Lipinski definition) is 2. The van der Waals surface area contributed by atoms with E-state index >= 15 is 0 Å². The number of aliphatic carboxylic acids is 1. The lowest BCUT2D eigenvalue weighted by Crippen LogP contribution is -2.15. The zero-order valence-corrected chi connectivity index (χ0v) is 5.71. The van der Waals surface area contributed by atoms with Gasteiger partial charge >= 0.3 is 5.97 Å². The Morgan fingerprint density at radius 3 is 2.60 bits per heavy atom. The molecule has 2 fully saturated rings. The number of carboxylic acid groups (broad SMARTS) is 1. The van der Waals surface area contributed by atoms with E-state index in [1.807, 2.05) is 0 Å². The van der Waals surface area contributed by atoms with Crippen LogP contribution in [0.3, 0.4) is 0 Å². The second kappa shape index (κ2) is 1.95. The fraction of sp³-hybridized carbons (Fsp3) is 0.857. The third kappa shape index (κ3) is 0.814. The van der Waals surface area contributed by atoms with Crippen LogP contribution in [0, 0.1) is 17.8 Å². The Hall–Kier alpha value is -0.570. The number of fused-ring (bicyclic) bond motifs is 1. The van der Waals surface area contributed by atoms with Crippen LogP contribution in [0.1, 0.15) is 6.42 Å². The smallest absolute Gasteiger partial charge is 0.303 e. The fourth-order valence-corrected chi connectivity index (χ4v) is 2.05. The predicted molar refractivity (Wildman–Crippen MR) is 35.6 cm³/mol. The molecule has 3 heteroatoms. The molecule has 0 aromatic rings. The zero-order valence-electron chi connectivity index (χ0n) is 5.71. The van der Waals surface area contributed by atoms with Crippen LogP contribution in [0.4, 0.5) is 0 Å². The lowest BCUT2D eigenvalue weighted by atomic mass is 10.2. The van der Waals surface area contributed by atoms with Gasteiger partial charge in [-0.25, -0.2) is 0 Å². The highest BCUT2D eigenvalue weighted by molar-refractivity contribution is 5.67. The summed E-state index contributed by atoms with van der Waals surface area (Å²) in [6, 6.07) is 0. The highest BCUT2D eigenvalue weighted by Gasteiger charge is 2.53. The maximum Gasteiger partial charge on any atom is 0.303 e. The SMILES string of the molecule is O=C(O)CC1C2CNC[C@H]21. The van der Waals surface area contributed by atoms with Crippen LogP contribution >= 0.6 is 0 Å². The van der Waals surface area contributed by atoms with Crippen LogP contribution in [0.5, 0.6) is 0 Å². The predicted octanol–water partition coefficient (Wildman–Crippen LogP) is -0.0735. The third-order valence-corrected chi connectivity index (χ3v) is 2.68. The van der Waals surface area contributed by atoms with Gasteiger partial charge in [0.15, 0.2) is 0 Å². The monoisotopic (exact) mass is 141 g/mol. The second-order valence-corrected chi connectivity index (χ2v) is 3.25. The number of carboxylic acids is 1. The van der Waals surface area contributed by atoms with Crippen LogP contribution in [0.2, 0.25) is 0 Å². The van der Waals surface area contributed by atoms with E-state index in [0.717, 1.165) is 13.1 Å². The minimum absolute atomic E-state index is 0.386. The average Bonchev–Trinajstić information content (AvgIpc) is 2.40. The molecule has 2 rings (SSSR count). The highest BCUT2D eigenvalue weighted by Crippen LogP contribution is 2.50. The largest absolute Gasteiger partial charge is 0.481 e. The Labute approximate surface area is 59.4 Å². The van der Waals surface area contributed by atoms with Crippen molar-refractivity contribution < 1.29 is 9.90 Å². The van der Waals surface area contributed by atoms with Crippen LogP contribution in [-0.2, 0) is 4.79 Å². The van der Waals surface area contributed by atoms with E-state index in [-0.39, 0.29) is 0 Å². The Morgan fingerprint density at radius 2 is 2.10 bits per heavy atom. The van der Waals surface area contributed by atoms with E-state index in [4.69, 9.17) is 5.11 Å². The first-order valence-electron chi connectivity index (χ1n) is 3.71. The average molecular weight is 141 g/mol. The number of piperidine rings is 1. The van der Waals surface area contributed by atoms with Gasteiger partial charge in [0, 0.05) is 6.42 Å². The normalized spacial score (nSPS) is 43.0. The molecule has 1 aliphatic carbocycles. The van der Waals surface area contributed by atoms with Crippen molar-refractivity contribution in [2.75, 3.05) is 13.1 Å². The van der Waals surface area contributed by atoms with Crippen molar-refractivity contribution in [3.05, 3.63) is 0 Å². The summed E-state index contributed by atoms with van der Waals surface area (Å²) in [5, 5.41) is 11.7. The molecule has 56 valence electrons. The van der Waals surface area contributed by atoms with E-state index < -0.39 is 5.97 Å². The molecule has 10 heavy (non-hydrogen) atoms. The molecule has 0 aromatic heterocycles. The fourth-order valence-electron chi connectivity index (χ4n) is 2.05. The van der Waals surface area contributed by atoms with Crippen molar-refractivity contribution in [1.82, 2.24) is 5.32 Å². The van der Waals surface area contributed by atoms with Crippen LogP contribution in [0.25, 0.3) is 0 Å². The van der Waals surface area contributed by atoms with E-state index in [1.165, 1.54) is 0 Å². The molecule has 1 saturated heterocycles. The lowest BCUT2D eigenvalue weighted by molar-refractivity contribution is -0.137. The number of rotatable bonds is 2. The maximum atomic E-state index is 10.3. The minimum Gasteiger partial charge on any atom is -0.481 e. The van der Waals surface area contributed by atoms with Crippen molar-refractivity contribution in [2.24, 2.45) is 17.8 Å². The van der Waals surface area contributed by atoms with Gasteiger partial charge in [-0.15, -0.1) is 0 Å². The summed E-state index contributed by atoms with van der Waals surface area (Å²) in [5.41, 5.74) is 0. The van der Waals surface area contributed by atoms with Gasteiger partial charge in [-0.1, -0.05) is 0 Å². The minimum atomic E-state index is -0.639. The van der Waals surface area contributed by atoms with E-state index in [0.29, 0.717) is 24.2 Å². The molecule has 0 amide bonds. The molecular weight excluding hydrogens is 130 g/mol. The molecule has 0 radical (unpaired) electrons. The molecule has 2 unspecified atom stereocenters. The van der Waals surface area contributed by atoms with Crippen LogP contribution < -0.4 is 5.32 Å². The van der Waals surface area contributed by atoms with Crippen molar-refractivity contribution in [2.45, 2.75) is 6.42 Å². The molecule has 0 bridgehead atoms. The second-order valence-electron chi connectivity index (χ2n) is 3.25. The van der Waals surface area contributed by atoms with Crippen LogP contribution in [0.15, 0.2) is 0 Å². The summed E-state index contributed by atoms with van der Waals surface area (Å²) in [6.07, 6.45) is 0.386. The van der Waals surface area contributed by atoms with Crippen molar-refractivity contribution in [1.29, 1.82) is 0 Å². The Balaban J connectivity index is 1.84. The molecular formula is C7H11NO2. The van der Waals surface area contributed by atoms with Gasteiger partial charge in [0.2, 0.25) is 0 Å². The highest BCUT2D eigenvalue weighted by atomic mass is 16.4. The summed E-state index contributed by atoms with van der Waals surface area (Å²) in [6.45, 7) is 2.09. The Morgan fingerprint density at radius 1 is 1.50 bits per heavy atom. The van der Waals surface area contributed by atoms with E-state index in [1.54, 1.807) is 0 Å². The number of hydrogen-bond donors (Lipinski definition) is 2. The van der Waals surface area contributed by atoms with Gasteiger partial charge < -0.3 is 10.4 Å². The summed E-state index contributed by atoms with van der Waals surface area (Å²) in [4.78, 5) is 10.3. The van der Waals surface area contributed by atoms with Gasteiger partial charge in [0.25, 0.3) is 0 Å². The van der Waals surface area contributed by atoms with E-state index in [2.05, 4.69) is 5.32 Å². The lowest BCUT2D eigenvalue weighted by Gasteiger charge is -1.98. The topological polar surface area (TPSA) is 49.3 Å². The third-order valence-electron chi connectivity index (χ3n) is 2.68. The van der Waals surface area contributed by atoms with Gasteiger partial charge in [-0.05, 0) is 30.8 Å². The summed E-state index contributed by atoms with van der Waals surface area (Å²) >= 11 is 0. The van der Waals surface area contributed by atoms with Crippen molar-refractivity contribution in [3.8, 4) is 0 Å². The Kier molecular flexibility index (Phi) is 1.20. The van der Waals surface area contributed by atoms with Gasteiger partial charge in [0.05, 0.1) is 0 Å². The molecule has 1 aliphatic heterocycles. The van der Waals surface area contributed by atoms with Gasteiger partial charge in [-0.3, -0.25) is 4.79 Å². The first-order chi connectivity index (χ1) is 4.79. The molecule has 0 aromatic carbocycles. The standard InChI is InChI=1S/C7H11NO2/c9-7(10)1-4-5-2-8-3-6(4)5/h4-6,8H,1-3H2,(H,9,10)/t4?,5-,6?/m0/s1. The van der Waals surface area contributed by atoms with E-state index in [9.17, 15) is 4.79 Å². The molecule has 3 atom stereocenters. The number of nitrogens with one attached hydrogen (secondary N) is 1. The molecule has 3 nitrogen and oxygen atoms in total. The number of carbonyl (C=O) groups is 1. The van der Waals surface area contributed by atoms with Crippen molar-refractivity contribution in [3.63, 3.8) is 0 Å². The molecule has 1 saturated carbocycles.